The predicted molar refractivity (Wildman–Crippen MR) is 81.9 cm³/mol. The van der Waals surface area contributed by atoms with Crippen molar-refractivity contribution in [3.8, 4) is 0 Å². The second kappa shape index (κ2) is 6.39. The van der Waals surface area contributed by atoms with Gasteiger partial charge in [0.25, 0.3) is 0 Å². The highest BCUT2D eigenvalue weighted by molar-refractivity contribution is 5.28. The van der Waals surface area contributed by atoms with E-state index in [1.807, 2.05) is 32.5 Å². The average molecular weight is 290 g/mol. The molecule has 114 valence electrons. The Labute approximate surface area is 125 Å². The fourth-order valence-corrected chi connectivity index (χ4v) is 2.71. The van der Waals surface area contributed by atoms with Gasteiger partial charge in [0.15, 0.2) is 0 Å². The zero-order chi connectivity index (χ0) is 15.6. The van der Waals surface area contributed by atoms with Crippen LogP contribution >= 0.6 is 0 Å². The van der Waals surface area contributed by atoms with Gasteiger partial charge in [-0.1, -0.05) is 6.07 Å². The van der Waals surface area contributed by atoms with Crippen molar-refractivity contribution in [2.75, 3.05) is 0 Å². The molecule has 1 heterocycles. The third-order valence-electron chi connectivity index (χ3n) is 4.15. The SMILES string of the molecule is Cc1ccc(F)cc1CC(O)CCc1c(C)nn(C)c1C. The molecule has 1 aromatic heterocycles. The quantitative estimate of drug-likeness (QED) is 0.919. The number of hydrogen-bond acceptors (Lipinski definition) is 2. The third-order valence-corrected chi connectivity index (χ3v) is 4.15. The molecular formula is C17H23FN2O. The number of hydrogen-bond donors (Lipinski definition) is 1. The van der Waals surface area contributed by atoms with Gasteiger partial charge >= 0.3 is 0 Å². The summed E-state index contributed by atoms with van der Waals surface area (Å²) in [4.78, 5) is 0. The predicted octanol–water partition coefficient (Wildman–Crippen LogP) is 3.02. The highest BCUT2D eigenvalue weighted by Gasteiger charge is 2.13. The summed E-state index contributed by atoms with van der Waals surface area (Å²) in [5, 5.41) is 14.6. The van der Waals surface area contributed by atoms with Crippen molar-refractivity contribution in [1.29, 1.82) is 0 Å². The Balaban J connectivity index is 1.99. The number of halogens is 1. The number of aromatic nitrogens is 2. The Hall–Kier alpha value is -1.68. The maximum atomic E-state index is 13.3. The molecule has 0 radical (unpaired) electrons. The van der Waals surface area contributed by atoms with Crippen LogP contribution < -0.4 is 0 Å². The van der Waals surface area contributed by atoms with Gasteiger partial charge in [-0.05, 0) is 68.9 Å². The Morgan fingerprint density at radius 1 is 1.29 bits per heavy atom. The summed E-state index contributed by atoms with van der Waals surface area (Å²) in [6.07, 6.45) is 1.47. The molecule has 1 aromatic carbocycles. The maximum absolute atomic E-state index is 13.3. The maximum Gasteiger partial charge on any atom is 0.123 e. The lowest BCUT2D eigenvalue weighted by atomic mass is 9.98. The highest BCUT2D eigenvalue weighted by Crippen LogP contribution is 2.18. The first-order valence-electron chi connectivity index (χ1n) is 7.30. The Kier molecular flexibility index (Phi) is 4.78. The molecule has 0 aliphatic rings. The first-order valence-corrected chi connectivity index (χ1v) is 7.30. The van der Waals surface area contributed by atoms with Gasteiger partial charge in [-0.15, -0.1) is 0 Å². The van der Waals surface area contributed by atoms with Crippen LogP contribution in [-0.2, 0) is 19.9 Å². The number of aliphatic hydroxyl groups excluding tert-OH is 1. The van der Waals surface area contributed by atoms with Crippen LogP contribution in [0, 0.1) is 26.6 Å². The van der Waals surface area contributed by atoms with E-state index in [0.29, 0.717) is 12.8 Å². The van der Waals surface area contributed by atoms with E-state index >= 15 is 0 Å². The zero-order valence-corrected chi connectivity index (χ0v) is 13.2. The molecule has 0 fully saturated rings. The van der Waals surface area contributed by atoms with E-state index in [4.69, 9.17) is 0 Å². The van der Waals surface area contributed by atoms with Crippen LogP contribution in [0.15, 0.2) is 18.2 Å². The number of aryl methyl sites for hydroxylation is 3. The molecule has 21 heavy (non-hydrogen) atoms. The van der Waals surface area contributed by atoms with Gasteiger partial charge in [0, 0.05) is 12.7 Å². The fourth-order valence-electron chi connectivity index (χ4n) is 2.71. The van der Waals surface area contributed by atoms with Crippen molar-refractivity contribution >= 4 is 0 Å². The van der Waals surface area contributed by atoms with E-state index < -0.39 is 6.10 Å². The second-order valence-corrected chi connectivity index (χ2v) is 5.74. The molecule has 0 bridgehead atoms. The summed E-state index contributed by atoms with van der Waals surface area (Å²) >= 11 is 0. The molecule has 0 aliphatic heterocycles. The number of rotatable bonds is 5. The molecule has 4 heteroatoms. The van der Waals surface area contributed by atoms with E-state index in [-0.39, 0.29) is 5.82 Å². The number of benzene rings is 1. The lowest BCUT2D eigenvalue weighted by molar-refractivity contribution is 0.165. The van der Waals surface area contributed by atoms with Crippen molar-refractivity contribution in [2.45, 2.75) is 46.1 Å². The van der Waals surface area contributed by atoms with Gasteiger partial charge in [-0.2, -0.15) is 5.10 Å². The normalized spacial score (nSPS) is 12.7. The number of aliphatic hydroxyl groups is 1. The summed E-state index contributed by atoms with van der Waals surface area (Å²) in [5.74, 6) is -0.248. The van der Waals surface area contributed by atoms with Crippen LogP contribution in [-0.4, -0.2) is 21.0 Å². The van der Waals surface area contributed by atoms with Gasteiger partial charge in [-0.25, -0.2) is 4.39 Å². The molecule has 0 spiro atoms. The van der Waals surface area contributed by atoms with Crippen molar-refractivity contribution in [3.63, 3.8) is 0 Å². The minimum atomic E-state index is -0.468. The molecule has 0 amide bonds. The fraction of sp³-hybridized carbons (Fsp3) is 0.471. The molecule has 1 atom stereocenters. The van der Waals surface area contributed by atoms with Gasteiger partial charge in [-0.3, -0.25) is 4.68 Å². The van der Waals surface area contributed by atoms with Gasteiger partial charge in [0.2, 0.25) is 0 Å². The first-order chi connectivity index (χ1) is 9.88. The molecule has 0 aliphatic carbocycles. The van der Waals surface area contributed by atoms with Crippen molar-refractivity contribution < 1.29 is 9.50 Å². The van der Waals surface area contributed by atoms with Gasteiger partial charge in [0.05, 0.1) is 11.8 Å². The van der Waals surface area contributed by atoms with Crippen LogP contribution in [0.5, 0.6) is 0 Å². The molecule has 3 nitrogen and oxygen atoms in total. The summed E-state index contributed by atoms with van der Waals surface area (Å²) in [5.41, 5.74) is 5.25. The largest absolute Gasteiger partial charge is 0.393 e. The molecule has 0 saturated carbocycles. The molecular weight excluding hydrogens is 267 g/mol. The van der Waals surface area contributed by atoms with Crippen LogP contribution in [0.25, 0.3) is 0 Å². The highest BCUT2D eigenvalue weighted by atomic mass is 19.1. The van der Waals surface area contributed by atoms with Crippen LogP contribution in [0.1, 0.15) is 34.5 Å². The summed E-state index contributed by atoms with van der Waals surface area (Å²) in [7, 11) is 1.93. The van der Waals surface area contributed by atoms with E-state index in [1.54, 1.807) is 6.07 Å². The third kappa shape index (κ3) is 3.70. The summed E-state index contributed by atoms with van der Waals surface area (Å²) in [6.45, 7) is 5.97. The van der Waals surface area contributed by atoms with Crippen molar-refractivity contribution in [1.82, 2.24) is 9.78 Å². The van der Waals surface area contributed by atoms with E-state index in [9.17, 15) is 9.50 Å². The first kappa shape index (κ1) is 15.7. The Morgan fingerprint density at radius 2 is 2.00 bits per heavy atom. The Morgan fingerprint density at radius 3 is 2.62 bits per heavy atom. The molecule has 2 aromatic rings. The molecule has 1 N–H and O–H groups in total. The molecule has 2 rings (SSSR count). The van der Waals surface area contributed by atoms with Crippen LogP contribution in [0.4, 0.5) is 4.39 Å². The standard InChI is InChI=1S/C17H23FN2O/c1-11-5-6-15(18)9-14(11)10-16(21)7-8-17-12(2)19-20(4)13(17)3/h5-6,9,16,21H,7-8,10H2,1-4H3. The van der Waals surface area contributed by atoms with Gasteiger partial charge in [0.1, 0.15) is 5.82 Å². The molecule has 0 saturated heterocycles. The second-order valence-electron chi connectivity index (χ2n) is 5.74. The summed E-state index contributed by atoms with van der Waals surface area (Å²) < 4.78 is 15.1. The summed E-state index contributed by atoms with van der Waals surface area (Å²) in [6, 6.07) is 4.72. The number of nitrogens with zero attached hydrogens (tertiary/aromatic N) is 2. The van der Waals surface area contributed by atoms with Crippen molar-refractivity contribution in [2.24, 2.45) is 7.05 Å². The topological polar surface area (TPSA) is 38.1 Å². The monoisotopic (exact) mass is 290 g/mol. The Bertz CT molecular complexity index is 634. The van der Waals surface area contributed by atoms with Crippen molar-refractivity contribution in [3.05, 3.63) is 52.1 Å². The lowest BCUT2D eigenvalue weighted by Gasteiger charge is -2.13. The minimum Gasteiger partial charge on any atom is -0.393 e. The smallest absolute Gasteiger partial charge is 0.123 e. The lowest BCUT2D eigenvalue weighted by Crippen LogP contribution is -2.13. The van der Waals surface area contributed by atoms with E-state index in [2.05, 4.69) is 5.10 Å². The zero-order valence-electron chi connectivity index (χ0n) is 13.2. The van der Waals surface area contributed by atoms with Gasteiger partial charge < -0.3 is 5.11 Å². The minimum absolute atomic E-state index is 0.248. The van der Waals surface area contributed by atoms with E-state index in [1.165, 1.54) is 17.7 Å². The molecule has 1 unspecified atom stereocenters. The average Bonchev–Trinajstić information content (AvgIpc) is 2.66. The van der Waals surface area contributed by atoms with Crippen LogP contribution in [0.2, 0.25) is 0 Å². The van der Waals surface area contributed by atoms with Crippen LogP contribution in [0.3, 0.4) is 0 Å². The van der Waals surface area contributed by atoms with E-state index in [0.717, 1.165) is 28.9 Å².